The Kier molecular flexibility index (Phi) is 41.4. The average Bonchev–Trinajstić information content (AvgIpc) is 0.822. The molecular weight excluding hydrogens is 1610 g/mol. The van der Waals surface area contributed by atoms with Crippen molar-refractivity contribution >= 4 is 126 Å². The zero-order chi connectivity index (χ0) is 87.1. The number of methoxy groups -OCH3 is 2. The second-order valence-electron chi connectivity index (χ2n) is 28.5. The highest BCUT2D eigenvalue weighted by molar-refractivity contribution is 9.08. The number of alkyl halides is 1. The van der Waals surface area contributed by atoms with Crippen molar-refractivity contribution in [2.24, 2.45) is 16.9 Å². The Hall–Kier alpha value is -12.2. The van der Waals surface area contributed by atoms with Crippen molar-refractivity contribution in [3.8, 4) is 17.2 Å². The molecule has 4 aromatic heterocycles. The summed E-state index contributed by atoms with van der Waals surface area (Å²) in [5.41, 5.74) is 38.7. The maximum absolute atomic E-state index is 14.1. The van der Waals surface area contributed by atoms with Crippen LogP contribution in [0.1, 0.15) is 175 Å². The summed E-state index contributed by atoms with van der Waals surface area (Å²) in [6.45, 7) is 12.1. The lowest BCUT2D eigenvalue weighted by atomic mass is 9.84. The molecule has 0 spiro atoms. The molecule has 1 fully saturated rings. The Balaban J connectivity index is 0.000000491. The topological polar surface area (TPSA) is 549 Å². The fraction of sp³-hybridized carbons (Fsp3) is 0.458. The van der Waals surface area contributed by atoms with Gasteiger partial charge in [-0.1, -0.05) is 75.7 Å². The molecule has 650 valence electrons. The lowest BCUT2D eigenvalue weighted by molar-refractivity contribution is -0.164. The first-order valence-corrected chi connectivity index (χ1v) is 40.4. The normalized spacial score (nSPS) is 12.9. The number of carbonyl (C=O) groups is 9. The van der Waals surface area contributed by atoms with E-state index < -0.39 is 65.0 Å². The van der Waals surface area contributed by atoms with Gasteiger partial charge in [0.2, 0.25) is 29.5 Å². The fourth-order valence-electron chi connectivity index (χ4n) is 11.7. The van der Waals surface area contributed by atoms with Gasteiger partial charge in [0.15, 0.2) is 52.1 Å². The van der Waals surface area contributed by atoms with E-state index in [1.54, 1.807) is 107 Å². The van der Waals surface area contributed by atoms with Crippen LogP contribution in [-0.2, 0) is 56.6 Å². The monoisotopic (exact) mass is 1720 g/mol. The SMILES string of the molecule is C.CCC(C)(C)C(=O)C(=O)N1CCCC[C@H]1C(=O)O[C@H](CCc1ccc(OC)c(OC)c1)c1cccc(OCC(=O)NCCCNC(=O)CC[C@H](NC(=O)c2ccc(N(C)Cc3cnc4nc(N)nc(N)c4n3)cc2)C(=O)O)c1.CCCCNC(=O)CC[C@@H](C)NC(=O)c1ccc(NC)cc1.NCCCN.Nc1nc(N)c2nc(CBr)cnc2n1. The summed E-state index contributed by atoms with van der Waals surface area (Å²) in [5, 5.41) is 27.2. The van der Waals surface area contributed by atoms with E-state index in [1.807, 2.05) is 57.1 Å². The maximum Gasteiger partial charge on any atom is 0.329 e. The number of hydrogen-bond donors (Lipinski definition) is 13. The lowest BCUT2D eigenvalue weighted by Crippen LogP contribution is -2.53. The van der Waals surface area contributed by atoms with Gasteiger partial charge >= 0.3 is 11.9 Å². The van der Waals surface area contributed by atoms with E-state index in [4.69, 9.17) is 53.3 Å². The molecule has 19 N–H and O–H groups in total. The van der Waals surface area contributed by atoms with Gasteiger partial charge in [0.05, 0.1) is 44.5 Å². The van der Waals surface area contributed by atoms with Gasteiger partial charge in [0.1, 0.15) is 23.9 Å². The van der Waals surface area contributed by atoms with Crippen LogP contribution in [0.3, 0.4) is 0 Å². The smallest absolute Gasteiger partial charge is 0.329 e. The van der Waals surface area contributed by atoms with Crippen molar-refractivity contribution in [1.82, 2.24) is 71.4 Å². The van der Waals surface area contributed by atoms with E-state index in [0.29, 0.717) is 120 Å². The number of ketones is 1. The number of amides is 6. The molecule has 6 amide bonds. The number of aromatic nitrogens is 8. The number of hydrogen-bond acceptors (Lipinski definition) is 29. The van der Waals surface area contributed by atoms with Crippen LogP contribution < -0.4 is 85.4 Å². The molecule has 4 atom stereocenters. The Labute approximate surface area is 707 Å². The highest BCUT2D eigenvalue weighted by atomic mass is 79.9. The van der Waals surface area contributed by atoms with Crippen LogP contribution in [0.5, 0.6) is 17.2 Å². The fourth-order valence-corrected chi connectivity index (χ4v) is 12.0. The molecule has 0 aliphatic carbocycles. The molecule has 37 heteroatoms. The van der Waals surface area contributed by atoms with E-state index >= 15 is 0 Å². The molecule has 0 bridgehead atoms. The number of aliphatic carboxylic acids is 1. The number of halogens is 1. The lowest BCUT2D eigenvalue weighted by Gasteiger charge is -2.36. The predicted molar refractivity (Wildman–Crippen MR) is 464 cm³/mol. The number of piperidine rings is 1. The number of nitrogens with one attached hydrogen (secondary N) is 6. The molecule has 9 rings (SSSR count). The minimum atomic E-state index is -1.34. The van der Waals surface area contributed by atoms with E-state index in [9.17, 15) is 48.3 Å². The Morgan fingerprint density at radius 1 is 0.675 bits per heavy atom. The third kappa shape index (κ3) is 31.6. The molecular formula is C83H117BrN22O14. The number of carboxylic acids is 1. The zero-order valence-electron chi connectivity index (χ0n) is 69.0. The van der Waals surface area contributed by atoms with E-state index in [1.165, 1.54) is 4.90 Å². The number of Topliss-reactive ketones (excluding diaryl/α,β-unsaturated/α-hetero) is 1. The van der Waals surface area contributed by atoms with Crippen LogP contribution in [0.4, 0.5) is 34.9 Å². The number of carboxylic acid groups (broad SMARTS) is 1. The molecule has 1 aliphatic rings. The van der Waals surface area contributed by atoms with Gasteiger partial charge in [-0.25, -0.2) is 29.5 Å². The summed E-state index contributed by atoms with van der Waals surface area (Å²) >= 11 is 3.27. The summed E-state index contributed by atoms with van der Waals surface area (Å²) in [5.74, 6) is -2.82. The maximum atomic E-state index is 14.1. The van der Waals surface area contributed by atoms with E-state index in [2.05, 4.69) is 94.6 Å². The molecule has 8 aromatic rings. The molecule has 0 unspecified atom stereocenters. The zero-order valence-corrected chi connectivity index (χ0v) is 70.5. The number of rotatable bonds is 39. The number of benzene rings is 4. The second-order valence-corrected chi connectivity index (χ2v) is 29.0. The number of nitrogens with zero attached hydrogens (tertiary/aromatic N) is 10. The van der Waals surface area contributed by atoms with Gasteiger partial charge in [-0.3, -0.25) is 33.6 Å². The van der Waals surface area contributed by atoms with Gasteiger partial charge in [-0.15, -0.1) is 0 Å². The van der Waals surface area contributed by atoms with Gasteiger partial charge < -0.3 is 100 Å². The summed E-state index contributed by atoms with van der Waals surface area (Å²) in [6, 6.07) is 23.8. The van der Waals surface area contributed by atoms with Crippen molar-refractivity contribution in [3.63, 3.8) is 0 Å². The van der Waals surface area contributed by atoms with Crippen LogP contribution in [-0.4, -0.2) is 195 Å². The van der Waals surface area contributed by atoms with Crippen LogP contribution in [0.25, 0.3) is 22.3 Å². The number of unbranched alkanes of at least 4 members (excludes halogenated alkanes) is 1. The first-order chi connectivity index (χ1) is 57.0. The van der Waals surface area contributed by atoms with Crippen molar-refractivity contribution in [3.05, 3.63) is 137 Å². The molecule has 4 aromatic carbocycles. The number of fused-ring (bicyclic) bond motifs is 2. The number of anilines is 6. The summed E-state index contributed by atoms with van der Waals surface area (Å²) in [7, 11) is 6.74. The van der Waals surface area contributed by atoms with E-state index in [-0.39, 0.29) is 99.1 Å². The number of nitrogens with two attached hydrogens (primary N) is 6. The molecule has 1 saturated heterocycles. The van der Waals surface area contributed by atoms with Gasteiger partial charge in [-0.05, 0) is 175 Å². The minimum Gasteiger partial charge on any atom is -0.493 e. The molecule has 5 heterocycles. The van der Waals surface area contributed by atoms with Crippen molar-refractivity contribution in [2.75, 3.05) is 107 Å². The van der Waals surface area contributed by atoms with Gasteiger partial charge in [0, 0.05) is 92.4 Å². The second kappa shape index (κ2) is 50.5. The first-order valence-electron chi connectivity index (χ1n) is 39.3. The predicted octanol–water partition coefficient (Wildman–Crippen LogP) is 7.46. The van der Waals surface area contributed by atoms with Gasteiger partial charge in [0.25, 0.3) is 23.6 Å². The first kappa shape index (κ1) is 98.3. The number of aryl methyl sites for hydroxylation is 1. The quantitative estimate of drug-likeness (QED) is 0.00769. The van der Waals surface area contributed by atoms with Crippen LogP contribution in [0.2, 0.25) is 0 Å². The largest absolute Gasteiger partial charge is 0.493 e. The Morgan fingerprint density at radius 2 is 1.25 bits per heavy atom. The molecule has 0 radical (unpaired) electrons. The van der Waals surface area contributed by atoms with Crippen molar-refractivity contribution in [2.45, 2.75) is 168 Å². The molecule has 120 heavy (non-hydrogen) atoms. The Bertz CT molecular complexity index is 4680. The van der Waals surface area contributed by atoms with Crippen molar-refractivity contribution < 1.29 is 67.2 Å². The molecule has 36 nitrogen and oxygen atoms in total. The third-order valence-corrected chi connectivity index (χ3v) is 19.6. The van der Waals surface area contributed by atoms with Gasteiger partial charge in [-0.2, -0.15) is 19.9 Å². The molecule has 0 saturated carbocycles. The number of likely N-dealkylation sites (tertiary alicyclic amines) is 1. The summed E-state index contributed by atoms with van der Waals surface area (Å²) < 4.78 is 23.0. The standard InChI is InChI=1S/C55H69N11O12.C17H27N3O2.C7H7BrN6.C3H10N2.CH4/c1-7-55(2,3)47(69)51(71)66-27-9-8-14-40(66)53(74)78-41(22-15-33-16-23-42(75-5)43(28-33)76-6)35-12-10-13-38(29-35)77-32-45(68)59-26-11-25-58-44(67)24-21-39(52(72)73)62-50(70)34-17-19-37(20-18-34)65(4)31-36-30-60-49-46(61-36)48(56)63-54(57)64-49;1-4-5-12-19-16(21)11-6-13(2)20-17(22)14-7-9-15(18-3)10-8-14;8-1-3-2-11-6-4(12-3)5(9)13-7(10)14-6;4-2-1-3-5;/h10,12-13,16-20,23,28-30,39-41H,7-9,11,14-15,21-22,24-27,31-32H2,1-6H3,(H,58,67)(H,59,68)(H,62,70)(H,72,73)(H4,56,57,60,63,64);7-10,13,18H,4-6,11-12H2,1-3H3,(H,19,21)(H,20,22);2H,1H2,(H4,9,10,11,13,14);1-5H2;1H4/t39-,40-,41+;13-;;;/m01.../s1. The summed E-state index contributed by atoms with van der Waals surface area (Å²) in [4.78, 5) is 151. The highest BCUT2D eigenvalue weighted by Crippen LogP contribution is 2.34. The summed E-state index contributed by atoms with van der Waals surface area (Å²) in [6.07, 6.45) is 9.37. The number of carbonyl (C=O) groups excluding carboxylic acids is 8. The average molecular weight is 1730 g/mol. The minimum absolute atomic E-state index is 0. The number of nitrogen functional groups attached to an aromatic ring is 4. The number of esters is 1. The van der Waals surface area contributed by atoms with Crippen LogP contribution in [0.15, 0.2) is 103 Å². The van der Waals surface area contributed by atoms with Crippen LogP contribution in [0, 0.1) is 5.41 Å². The van der Waals surface area contributed by atoms with Crippen molar-refractivity contribution in [1.29, 1.82) is 0 Å². The molecule has 1 aliphatic heterocycles. The third-order valence-electron chi connectivity index (χ3n) is 19.0. The van der Waals surface area contributed by atoms with E-state index in [0.717, 1.165) is 61.5 Å². The highest BCUT2D eigenvalue weighted by Gasteiger charge is 2.41. The number of ether oxygens (including phenoxy) is 4. The Morgan fingerprint density at radius 3 is 1.82 bits per heavy atom. The van der Waals surface area contributed by atoms with Crippen LogP contribution >= 0.6 is 15.9 Å².